The number of rotatable bonds is 2. The highest BCUT2D eigenvalue weighted by Crippen LogP contribution is 2.23. The van der Waals surface area contributed by atoms with Crippen molar-refractivity contribution in [3.63, 3.8) is 0 Å². The third-order valence-corrected chi connectivity index (χ3v) is 2.76. The Kier molecular flexibility index (Phi) is 2.52. The summed E-state index contributed by atoms with van der Waals surface area (Å²) in [6, 6.07) is 2.61. The van der Waals surface area contributed by atoms with Crippen molar-refractivity contribution in [2.45, 2.75) is 25.8 Å². The summed E-state index contributed by atoms with van der Waals surface area (Å²) in [6.45, 7) is 3.36. The average molecular weight is 192 g/mol. The van der Waals surface area contributed by atoms with E-state index in [1.54, 1.807) is 6.33 Å². The van der Waals surface area contributed by atoms with Crippen molar-refractivity contribution in [2.75, 3.05) is 23.8 Å². The second kappa shape index (κ2) is 3.82. The highest BCUT2D eigenvalue weighted by molar-refractivity contribution is 5.49. The first-order valence-electron chi connectivity index (χ1n) is 5.07. The second-order valence-electron chi connectivity index (χ2n) is 3.70. The van der Waals surface area contributed by atoms with Crippen LogP contribution in [-0.2, 0) is 0 Å². The van der Waals surface area contributed by atoms with Gasteiger partial charge in [0.25, 0.3) is 0 Å². The van der Waals surface area contributed by atoms with E-state index >= 15 is 0 Å². The first kappa shape index (κ1) is 9.24. The van der Waals surface area contributed by atoms with Gasteiger partial charge < -0.3 is 10.2 Å². The van der Waals surface area contributed by atoms with Gasteiger partial charge >= 0.3 is 0 Å². The minimum Gasteiger partial charge on any atom is -0.373 e. The molecule has 0 aromatic carbocycles. The van der Waals surface area contributed by atoms with E-state index in [0.29, 0.717) is 6.04 Å². The lowest BCUT2D eigenvalue weighted by Gasteiger charge is -2.22. The quantitative estimate of drug-likeness (QED) is 0.771. The molecule has 76 valence electrons. The molecule has 1 saturated heterocycles. The molecule has 2 heterocycles. The Morgan fingerprint density at radius 1 is 1.50 bits per heavy atom. The molecular formula is C10H16N4. The summed E-state index contributed by atoms with van der Waals surface area (Å²) in [7, 11) is 1.87. The van der Waals surface area contributed by atoms with Crippen LogP contribution in [-0.4, -0.2) is 29.6 Å². The molecule has 1 aliphatic rings. The summed E-state index contributed by atoms with van der Waals surface area (Å²) < 4.78 is 0. The van der Waals surface area contributed by atoms with Gasteiger partial charge in [0.1, 0.15) is 18.0 Å². The van der Waals surface area contributed by atoms with Gasteiger partial charge in [0.15, 0.2) is 0 Å². The molecule has 0 amide bonds. The molecular weight excluding hydrogens is 176 g/mol. The third-order valence-electron chi connectivity index (χ3n) is 2.76. The average Bonchev–Trinajstić information content (AvgIpc) is 2.65. The molecule has 4 heteroatoms. The van der Waals surface area contributed by atoms with Gasteiger partial charge in [-0.3, -0.25) is 0 Å². The van der Waals surface area contributed by atoms with Crippen LogP contribution in [0.5, 0.6) is 0 Å². The van der Waals surface area contributed by atoms with Gasteiger partial charge in [0, 0.05) is 25.7 Å². The molecule has 1 unspecified atom stereocenters. The smallest absolute Gasteiger partial charge is 0.134 e. The first-order valence-corrected chi connectivity index (χ1v) is 5.07. The lowest BCUT2D eigenvalue weighted by molar-refractivity contribution is 0.726. The Balaban J connectivity index is 2.22. The molecule has 4 nitrogen and oxygen atoms in total. The molecule has 0 radical (unpaired) electrons. The maximum Gasteiger partial charge on any atom is 0.134 e. The number of aromatic nitrogens is 2. The van der Waals surface area contributed by atoms with Crippen LogP contribution in [0.4, 0.5) is 11.6 Å². The van der Waals surface area contributed by atoms with Crippen LogP contribution in [0.15, 0.2) is 12.4 Å². The predicted molar refractivity (Wildman–Crippen MR) is 57.6 cm³/mol. The molecule has 0 spiro atoms. The van der Waals surface area contributed by atoms with Gasteiger partial charge in [-0.25, -0.2) is 9.97 Å². The molecule has 1 N–H and O–H groups in total. The monoisotopic (exact) mass is 192 g/mol. The Labute approximate surface area is 84.4 Å². The van der Waals surface area contributed by atoms with Crippen molar-refractivity contribution in [1.82, 2.24) is 9.97 Å². The highest BCUT2D eigenvalue weighted by Gasteiger charge is 2.21. The molecule has 0 aliphatic carbocycles. The fraction of sp³-hybridized carbons (Fsp3) is 0.600. The van der Waals surface area contributed by atoms with E-state index in [4.69, 9.17) is 0 Å². The zero-order chi connectivity index (χ0) is 9.97. The number of anilines is 2. The standard InChI is InChI=1S/C10H16N4/c1-8-4-3-5-14(8)10-6-9(11-2)12-7-13-10/h6-8H,3-5H2,1-2H3,(H,11,12,13). The summed E-state index contributed by atoms with van der Waals surface area (Å²) >= 11 is 0. The van der Waals surface area contributed by atoms with Gasteiger partial charge in [-0.05, 0) is 19.8 Å². The van der Waals surface area contributed by atoms with Crippen LogP contribution < -0.4 is 10.2 Å². The van der Waals surface area contributed by atoms with Crippen LogP contribution in [0, 0.1) is 0 Å². The second-order valence-corrected chi connectivity index (χ2v) is 3.70. The topological polar surface area (TPSA) is 41.0 Å². The van der Waals surface area contributed by atoms with Gasteiger partial charge in [0.05, 0.1) is 0 Å². The van der Waals surface area contributed by atoms with Crippen LogP contribution in [0.25, 0.3) is 0 Å². The van der Waals surface area contributed by atoms with Gasteiger partial charge in [-0.2, -0.15) is 0 Å². The Hall–Kier alpha value is -1.32. The molecule has 0 saturated carbocycles. The fourth-order valence-corrected chi connectivity index (χ4v) is 1.91. The Morgan fingerprint density at radius 2 is 2.36 bits per heavy atom. The van der Waals surface area contributed by atoms with Crippen LogP contribution in [0.2, 0.25) is 0 Å². The number of hydrogen-bond donors (Lipinski definition) is 1. The zero-order valence-electron chi connectivity index (χ0n) is 8.70. The number of nitrogens with zero attached hydrogens (tertiary/aromatic N) is 3. The third kappa shape index (κ3) is 1.64. The summed E-state index contributed by atoms with van der Waals surface area (Å²) in [5.74, 6) is 1.92. The first-order chi connectivity index (χ1) is 6.81. The van der Waals surface area contributed by atoms with Crippen LogP contribution >= 0.6 is 0 Å². The Bertz CT molecular complexity index is 313. The number of nitrogens with one attached hydrogen (secondary N) is 1. The van der Waals surface area contributed by atoms with Crippen LogP contribution in [0.3, 0.4) is 0 Å². The molecule has 0 bridgehead atoms. The number of hydrogen-bond acceptors (Lipinski definition) is 4. The lowest BCUT2D eigenvalue weighted by atomic mass is 10.2. The van der Waals surface area contributed by atoms with E-state index in [2.05, 4.69) is 27.1 Å². The molecule has 14 heavy (non-hydrogen) atoms. The summed E-state index contributed by atoms with van der Waals surface area (Å²) in [5, 5.41) is 3.03. The predicted octanol–water partition coefficient (Wildman–Crippen LogP) is 1.51. The fourth-order valence-electron chi connectivity index (χ4n) is 1.91. The van der Waals surface area contributed by atoms with Crippen molar-refractivity contribution < 1.29 is 0 Å². The summed E-state index contributed by atoms with van der Waals surface area (Å²) in [5.41, 5.74) is 0. The maximum absolute atomic E-state index is 4.29. The normalized spacial score (nSPS) is 21.3. The van der Waals surface area contributed by atoms with Crippen molar-refractivity contribution in [2.24, 2.45) is 0 Å². The molecule has 1 fully saturated rings. The maximum atomic E-state index is 4.29. The lowest BCUT2D eigenvalue weighted by Crippen LogP contribution is -2.27. The van der Waals surface area contributed by atoms with Gasteiger partial charge in [0.2, 0.25) is 0 Å². The molecule has 1 atom stereocenters. The van der Waals surface area contributed by atoms with Crippen molar-refractivity contribution >= 4 is 11.6 Å². The Morgan fingerprint density at radius 3 is 3.00 bits per heavy atom. The van der Waals surface area contributed by atoms with E-state index in [9.17, 15) is 0 Å². The summed E-state index contributed by atoms with van der Waals surface area (Å²) in [4.78, 5) is 10.7. The SMILES string of the molecule is CNc1cc(N2CCCC2C)ncn1. The van der Waals surface area contributed by atoms with Crippen molar-refractivity contribution in [1.29, 1.82) is 0 Å². The van der Waals surface area contributed by atoms with Gasteiger partial charge in [-0.15, -0.1) is 0 Å². The van der Waals surface area contributed by atoms with E-state index < -0.39 is 0 Å². The molecule has 1 aliphatic heterocycles. The van der Waals surface area contributed by atoms with E-state index in [-0.39, 0.29) is 0 Å². The highest BCUT2D eigenvalue weighted by atomic mass is 15.2. The van der Waals surface area contributed by atoms with Gasteiger partial charge in [-0.1, -0.05) is 0 Å². The van der Waals surface area contributed by atoms with Crippen molar-refractivity contribution in [3.8, 4) is 0 Å². The minimum atomic E-state index is 0.606. The minimum absolute atomic E-state index is 0.606. The zero-order valence-corrected chi connectivity index (χ0v) is 8.70. The molecule has 2 rings (SSSR count). The molecule has 1 aromatic heterocycles. The summed E-state index contributed by atoms with van der Waals surface area (Å²) in [6.07, 6.45) is 4.14. The molecule has 1 aromatic rings. The van der Waals surface area contributed by atoms with E-state index in [0.717, 1.165) is 18.2 Å². The van der Waals surface area contributed by atoms with Crippen LogP contribution in [0.1, 0.15) is 19.8 Å². The van der Waals surface area contributed by atoms with E-state index in [1.807, 2.05) is 13.1 Å². The largest absolute Gasteiger partial charge is 0.373 e. The van der Waals surface area contributed by atoms with Crippen molar-refractivity contribution in [3.05, 3.63) is 12.4 Å². The van der Waals surface area contributed by atoms with E-state index in [1.165, 1.54) is 12.8 Å².